The number of nitrogens with zero attached hydrogens (tertiary/aromatic N) is 4. The zero-order valence-electron chi connectivity index (χ0n) is 14.7. The number of hydrogen-bond acceptors (Lipinski definition) is 4. The molecular weight excluding hydrogens is 310 g/mol. The summed E-state index contributed by atoms with van der Waals surface area (Å²) >= 11 is 0. The van der Waals surface area contributed by atoms with E-state index in [1.807, 2.05) is 10.7 Å². The van der Waals surface area contributed by atoms with Crippen LogP contribution in [-0.2, 0) is 5.54 Å². The van der Waals surface area contributed by atoms with E-state index >= 15 is 0 Å². The van der Waals surface area contributed by atoms with Crippen LogP contribution < -0.4 is 5.32 Å². The number of benzene rings is 2. The number of hydrogen-bond donors (Lipinski definition) is 1. The fourth-order valence-electron chi connectivity index (χ4n) is 3.77. The van der Waals surface area contributed by atoms with E-state index in [-0.39, 0.29) is 5.54 Å². The van der Waals surface area contributed by atoms with Crippen molar-refractivity contribution in [2.45, 2.75) is 45.1 Å². The van der Waals surface area contributed by atoms with Gasteiger partial charge in [-0.25, -0.2) is 0 Å². The van der Waals surface area contributed by atoms with Gasteiger partial charge in [-0.2, -0.15) is 4.68 Å². The molecule has 1 heterocycles. The van der Waals surface area contributed by atoms with E-state index < -0.39 is 0 Å². The Morgan fingerprint density at radius 3 is 2.56 bits per heavy atom. The van der Waals surface area contributed by atoms with Gasteiger partial charge in [-0.05, 0) is 66.4 Å². The molecule has 1 aliphatic rings. The Balaban J connectivity index is 1.78. The lowest BCUT2D eigenvalue weighted by Gasteiger charge is -2.31. The minimum Gasteiger partial charge on any atom is -0.372 e. The average Bonchev–Trinajstić information content (AvgIpc) is 3.27. The first-order valence-corrected chi connectivity index (χ1v) is 8.88. The Morgan fingerprint density at radius 1 is 1.00 bits per heavy atom. The molecule has 0 unspecified atom stereocenters. The van der Waals surface area contributed by atoms with Crippen molar-refractivity contribution < 1.29 is 0 Å². The predicted octanol–water partition coefficient (Wildman–Crippen LogP) is 4.16. The molecule has 0 amide bonds. The van der Waals surface area contributed by atoms with Crippen molar-refractivity contribution in [3.8, 4) is 5.69 Å². The molecular formula is C20H23N5. The summed E-state index contributed by atoms with van der Waals surface area (Å²) in [5.74, 6) is 0.902. The smallest absolute Gasteiger partial charge is 0.181 e. The van der Waals surface area contributed by atoms with Crippen LogP contribution in [0.2, 0.25) is 0 Å². The van der Waals surface area contributed by atoms with Gasteiger partial charge in [-0.1, -0.05) is 43.2 Å². The highest BCUT2D eigenvalue weighted by Crippen LogP contribution is 2.41. The van der Waals surface area contributed by atoms with Crippen molar-refractivity contribution in [2.75, 3.05) is 5.32 Å². The first kappa shape index (κ1) is 15.8. The average molecular weight is 333 g/mol. The van der Waals surface area contributed by atoms with E-state index in [1.165, 1.54) is 24.0 Å². The molecule has 1 aromatic heterocycles. The number of rotatable bonds is 4. The Kier molecular flexibility index (Phi) is 3.99. The van der Waals surface area contributed by atoms with E-state index in [2.05, 4.69) is 77.2 Å². The van der Waals surface area contributed by atoms with Crippen molar-refractivity contribution in [2.24, 2.45) is 0 Å². The third-order valence-corrected chi connectivity index (χ3v) is 5.12. The van der Waals surface area contributed by atoms with Gasteiger partial charge in [0.25, 0.3) is 0 Å². The van der Waals surface area contributed by atoms with Gasteiger partial charge in [0, 0.05) is 5.69 Å². The molecule has 0 aliphatic heterocycles. The topological polar surface area (TPSA) is 55.6 Å². The zero-order valence-corrected chi connectivity index (χ0v) is 14.7. The van der Waals surface area contributed by atoms with Gasteiger partial charge >= 0.3 is 0 Å². The van der Waals surface area contributed by atoms with Crippen LogP contribution in [0.15, 0.2) is 48.5 Å². The molecule has 1 fully saturated rings. The van der Waals surface area contributed by atoms with Crippen molar-refractivity contribution in [1.29, 1.82) is 0 Å². The Morgan fingerprint density at radius 2 is 1.80 bits per heavy atom. The van der Waals surface area contributed by atoms with Crippen LogP contribution >= 0.6 is 0 Å². The molecule has 1 saturated carbocycles. The summed E-state index contributed by atoms with van der Waals surface area (Å²) in [5, 5.41) is 16.5. The third kappa shape index (κ3) is 2.90. The van der Waals surface area contributed by atoms with Crippen molar-refractivity contribution in [3.63, 3.8) is 0 Å². The molecule has 1 aliphatic carbocycles. The van der Waals surface area contributed by atoms with Gasteiger partial charge in [-0.15, -0.1) is 5.10 Å². The van der Waals surface area contributed by atoms with Crippen molar-refractivity contribution >= 4 is 5.69 Å². The highest BCUT2D eigenvalue weighted by molar-refractivity contribution is 5.53. The Labute approximate surface area is 148 Å². The fourth-order valence-corrected chi connectivity index (χ4v) is 3.77. The second-order valence-corrected chi connectivity index (χ2v) is 6.98. The Bertz CT molecular complexity index is 877. The fraction of sp³-hybridized carbons (Fsp3) is 0.350. The molecule has 5 heteroatoms. The lowest BCUT2D eigenvalue weighted by atomic mass is 9.95. The summed E-state index contributed by atoms with van der Waals surface area (Å²) in [7, 11) is 0. The second kappa shape index (κ2) is 6.31. The molecule has 0 bridgehead atoms. The second-order valence-electron chi connectivity index (χ2n) is 6.98. The molecule has 0 saturated heterocycles. The van der Waals surface area contributed by atoms with Crippen molar-refractivity contribution in [3.05, 3.63) is 65.5 Å². The summed E-state index contributed by atoms with van der Waals surface area (Å²) in [5.41, 5.74) is 4.38. The quantitative estimate of drug-likeness (QED) is 0.779. The molecule has 128 valence electrons. The summed E-state index contributed by atoms with van der Waals surface area (Å²) in [6, 6.07) is 16.7. The van der Waals surface area contributed by atoms with Gasteiger partial charge in [0.15, 0.2) is 5.82 Å². The third-order valence-electron chi connectivity index (χ3n) is 5.12. The van der Waals surface area contributed by atoms with Crippen LogP contribution in [0.1, 0.15) is 42.6 Å². The molecule has 5 nitrogen and oxygen atoms in total. The van der Waals surface area contributed by atoms with Gasteiger partial charge in [-0.3, -0.25) is 0 Å². The lowest BCUT2D eigenvalue weighted by molar-refractivity contribution is 0.461. The molecule has 3 aromatic rings. The number of tetrazole rings is 1. The summed E-state index contributed by atoms with van der Waals surface area (Å²) in [4.78, 5) is 0. The SMILES string of the molecule is Cc1cccc(-n2nnnc2C2(Nc3ccccc3C)CCCC2)c1. The maximum Gasteiger partial charge on any atom is 0.181 e. The number of anilines is 1. The number of nitrogens with one attached hydrogen (secondary N) is 1. The number of para-hydroxylation sites is 1. The van der Waals surface area contributed by atoms with Crippen molar-refractivity contribution in [1.82, 2.24) is 20.2 Å². The van der Waals surface area contributed by atoms with E-state index in [4.69, 9.17) is 0 Å². The minimum absolute atomic E-state index is 0.223. The van der Waals surface area contributed by atoms with Crippen LogP contribution in [0.25, 0.3) is 5.69 Å². The molecule has 2 aromatic carbocycles. The first-order valence-electron chi connectivity index (χ1n) is 8.88. The maximum absolute atomic E-state index is 4.44. The van der Waals surface area contributed by atoms with Gasteiger partial charge < -0.3 is 5.32 Å². The van der Waals surface area contributed by atoms with Crippen LogP contribution in [0.4, 0.5) is 5.69 Å². The molecule has 1 N–H and O–H groups in total. The molecule has 0 radical (unpaired) electrons. The maximum atomic E-state index is 4.44. The van der Waals surface area contributed by atoms with Gasteiger partial charge in [0.1, 0.15) is 0 Å². The number of aromatic nitrogens is 4. The van der Waals surface area contributed by atoms with E-state index in [9.17, 15) is 0 Å². The summed E-state index contributed by atoms with van der Waals surface area (Å²) < 4.78 is 1.89. The Hall–Kier alpha value is -2.69. The summed E-state index contributed by atoms with van der Waals surface area (Å²) in [6.07, 6.45) is 4.43. The van der Waals surface area contributed by atoms with Gasteiger partial charge in [0.05, 0.1) is 11.2 Å². The molecule has 0 atom stereocenters. The molecule has 25 heavy (non-hydrogen) atoms. The van der Waals surface area contributed by atoms with E-state index in [0.717, 1.165) is 30.0 Å². The van der Waals surface area contributed by atoms with E-state index in [0.29, 0.717) is 0 Å². The van der Waals surface area contributed by atoms with Crippen LogP contribution in [0.3, 0.4) is 0 Å². The monoisotopic (exact) mass is 333 g/mol. The normalized spacial score (nSPS) is 16.1. The first-order chi connectivity index (χ1) is 12.2. The molecule has 0 spiro atoms. The predicted molar refractivity (Wildman–Crippen MR) is 98.8 cm³/mol. The van der Waals surface area contributed by atoms with Crippen LogP contribution in [0.5, 0.6) is 0 Å². The zero-order chi connectivity index (χ0) is 17.3. The largest absolute Gasteiger partial charge is 0.372 e. The minimum atomic E-state index is -0.223. The highest BCUT2D eigenvalue weighted by Gasteiger charge is 2.41. The number of aryl methyl sites for hydroxylation is 2. The lowest BCUT2D eigenvalue weighted by Crippen LogP contribution is -2.35. The molecule has 4 rings (SSSR count). The van der Waals surface area contributed by atoms with E-state index in [1.54, 1.807) is 0 Å². The summed E-state index contributed by atoms with van der Waals surface area (Å²) in [6.45, 7) is 4.22. The van der Waals surface area contributed by atoms with Crippen LogP contribution in [0, 0.1) is 13.8 Å². The highest BCUT2D eigenvalue weighted by atomic mass is 15.6. The van der Waals surface area contributed by atoms with Crippen LogP contribution in [-0.4, -0.2) is 20.2 Å². The van der Waals surface area contributed by atoms with Gasteiger partial charge in [0.2, 0.25) is 0 Å². The standard InChI is InChI=1S/C20H23N5/c1-15-8-7-10-17(14-15)25-19(22-23-24-25)20(12-5-6-13-20)21-18-11-4-3-9-16(18)2/h3-4,7-11,14,21H,5-6,12-13H2,1-2H3.